The topological polar surface area (TPSA) is 44.8 Å². The molecule has 0 saturated carbocycles. The molecular formula is C13H17ClO4. The number of carbonyl (C=O) groups is 1. The van der Waals surface area contributed by atoms with E-state index in [1.165, 1.54) is 7.11 Å². The van der Waals surface area contributed by atoms with E-state index >= 15 is 0 Å². The minimum atomic E-state index is -0.527. The fourth-order valence-electron chi connectivity index (χ4n) is 1.35. The van der Waals surface area contributed by atoms with Crippen molar-refractivity contribution >= 4 is 16.8 Å². The van der Waals surface area contributed by atoms with Gasteiger partial charge < -0.3 is 14.2 Å². The molecule has 100 valence electrons. The first-order valence-electron chi connectivity index (χ1n) is 5.67. The van der Waals surface area contributed by atoms with Gasteiger partial charge in [0.25, 0.3) is 5.24 Å². The second-order valence-corrected chi connectivity index (χ2v) is 4.25. The van der Waals surface area contributed by atoms with Crippen LogP contribution < -0.4 is 9.47 Å². The molecule has 0 aliphatic carbocycles. The quantitative estimate of drug-likeness (QED) is 0.566. The molecule has 0 aromatic heterocycles. The summed E-state index contributed by atoms with van der Waals surface area (Å²) in [4.78, 5) is 11.1. The van der Waals surface area contributed by atoms with Gasteiger partial charge >= 0.3 is 0 Å². The van der Waals surface area contributed by atoms with Gasteiger partial charge in [0, 0.05) is 5.56 Å². The van der Waals surface area contributed by atoms with Crippen molar-refractivity contribution in [3.05, 3.63) is 23.8 Å². The van der Waals surface area contributed by atoms with E-state index in [2.05, 4.69) is 0 Å². The summed E-state index contributed by atoms with van der Waals surface area (Å²) in [5.74, 6) is 1.04. The molecule has 0 radical (unpaired) electrons. The molecule has 0 unspecified atom stereocenters. The van der Waals surface area contributed by atoms with Crippen LogP contribution in [0.3, 0.4) is 0 Å². The van der Waals surface area contributed by atoms with E-state index in [0.29, 0.717) is 30.3 Å². The van der Waals surface area contributed by atoms with E-state index in [9.17, 15) is 4.79 Å². The standard InChI is InChI=1S/C13H17ClO4/c1-9(2)17-6-7-18-12-8-10(13(14)15)4-5-11(12)16-3/h4-5,8-9H,6-7H2,1-3H3. The Morgan fingerprint density at radius 3 is 2.56 bits per heavy atom. The zero-order chi connectivity index (χ0) is 13.5. The summed E-state index contributed by atoms with van der Waals surface area (Å²) in [6.45, 7) is 4.76. The summed E-state index contributed by atoms with van der Waals surface area (Å²) in [5, 5.41) is -0.527. The number of ether oxygens (including phenoxy) is 3. The van der Waals surface area contributed by atoms with Crippen LogP contribution in [-0.4, -0.2) is 31.7 Å². The minimum Gasteiger partial charge on any atom is -0.493 e. The lowest BCUT2D eigenvalue weighted by atomic mass is 10.2. The molecule has 4 nitrogen and oxygen atoms in total. The molecule has 0 amide bonds. The van der Waals surface area contributed by atoms with Gasteiger partial charge in [-0.25, -0.2) is 0 Å². The molecule has 0 heterocycles. The van der Waals surface area contributed by atoms with E-state index < -0.39 is 5.24 Å². The molecule has 1 aromatic rings. The molecule has 0 aliphatic heterocycles. The normalized spacial score (nSPS) is 10.5. The molecule has 5 heteroatoms. The Balaban J connectivity index is 2.66. The average molecular weight is 273 g/mol. The summed E-state index contributed by atoms with van der Waals surface area (Å²) in [5.41, 5.74) is 0.372. The van der Waals surface area contributed by atoms with Crippen molar-refractivity contribution in [2.75, 3.05) is 20.3 Å². The molecule has 0 fully saturated rings. The average Bonchev–Trinajstić information content (AvgIpc) is 2.34. The second-order valence-electron chi connectivity index (χ2n) is 3.91. The van der Waals surface area contributed by atoms with Crippen LogP contribution in [0.1, 0.15) is 24.2 Å². The number of rotatable bonds is 7. The van der Waals surface area contributed by atoms with Crippen LogP contribution in [0.2, 0.25) is 0 Å². The Kier molecular flexibility index (Phi) is 5.95. The van der Waals surface area contributed by atoms with E-state index in [1.807, 2.05) is 13.8 Å². The number of halogens is 1. The maximum Gasteiger partial charge on any atom is 0.252 e. The third-order valence-corrected chi connectivity index (χ3v) is 2.40. The largest absolute Gasteiger partial charge is 0.493 e. The highest BCUT2D eigenvalue weighted by Gasteiger charge is 2.09. The predicted molar refractivity (Wildman–Crippen MR) is 69.8 cm³/mol. The van der Waals surface area contributed by atoms with E-state index in [-0.39, 0.29) is 6.10 Å². The van der Waals surface area contributed by atoms with Gasteiger partial charge in [-0.2, -0.15) is 0 Å². The Morgan fingerprint density at radius 2 is 2.00 bits per heavy atom. The van der Waals surface area contributed by atoms with E-state index in [4.69, 9.17) is 25.8 Å². The highest BCUT2D eigenvalue weighted by molar-refractivity contribution is 6.67. The van der Waals surface area contributed by atoms with Gasteiger partial charge in [-0.05, 0) is 43.6 Å². The minimum absolute atomic E-state index is 0.159. The van der Waals surface area contributed by atoms with Crippen LogP contribution in [0.25, 0.3) is 0 Å². The maximum atomic E-state index is 11.1. The molecule has 0 N–H and O–H groups in total. The fourth-order valence-corrected chi connectivity index (χ4v) is 1.46. The van der Waals surface area contributed by atoms with Gasteiger partial charge in [-0.15, -0.1) is 0 Å². The zero-order valence-corrected chi connectivity index (χ0v) is 11.5. The molecule has 0 saturated heterocycles. The molecule has 1 rings (SSSR count). The fraction of sp³-hybridized carbons (Fsp3) is 0.462. The van der Waals surface area contributed by atoms with Crippen molar-refractivity contribution in [3.63, 3.8) is 0 Å². The Labute approximate surface area is 112 Å². The summed E-state index contributed by atoms with van der Waals surface area (Å²) in [6.07, 6.45) is 0.159. The van der Waals surface area contributed by atoms with Crippen molar-refractivity contribution in [1.29, 1.82) is 0 Å². The summed E-state index contributed by atoms with van der Waals surface area (Å²) in [6, 6.07) is 4.80. The van der Waals surface area contributed by atoms with Gasteiger partial charge in [0.2, 0.25) is 0 Å². The highest BCUT2D eigenvalue weighted by atomic mass is 35.5. The lowest BCUT2D eigenvalue weighted by Crippen LogP contribution is -2.11. The summed E-state index contributed by atoms with van der Waals surface area (Å²) in [7, 11) is 1.54. The SMILES string of the molecule is COc1ccc(C(=O)Cl)cc1OCCOC(C)C. The highest BCUT2D eigenvalue weighted by Crippen LogP contribution is 2.28. The Morgan fingerprint density at radius 1 is 1.28 bits per heavy atom. The summed E-state index contributed by atoms with van der Waals surface area (Å²) >= 11 is 5.41. The molecule has 0 spiro atoms. The van der Waals surface area contributed by atoms with Crippen molar-refractivity contribution in [2.45, 2.75) is 20.0 Å². The molecule has 0 aliphatic rings. The van der Waals surface area contributed by atoms with Crippen LogP contribution >= 0.6 is 11.6 Å². The van der Waals surface area contributed by atoms with Crippen molar-refractivity contribution in [3.8, 4) is 11.5 Å². The van der Waals surface area contributed by atoms with Gasteiger partial charge in [-0.1, -0.05) is 0 Å². The number of hydrogen-bond acceptors (Lipinski definition) is 4. The van der Waals surface area contributed by atoms with Crippen LogP contribution in [0.15, 0.2) is 18.2 Å². The first kappa shape index (κ1) is 14.8. The number of carbonyl (C=O) groups excluding carboxylic acids is 1. The number of methoxy groups -OCH3 is 1. The maximum absolute atomic E-state index is 11.1. The second kappa shape index (κ2) is 7.24. The monoisotopic (exact) mass is 272 g/mol. The lowest BCUT2D eigenvalue weighted by Gasteiger charge is -2.12. The zero-order valence-electron chi connectivity index (χ0n) is 10.7. The van der Waals surface area contributed by atoms with Crippen molar-refractivity contribution in [1.82, 2.24) is 0 Å². The van der Waals surface area contributed by atoms with Crippen LogP contribution in [-0.2, 0) is 4.74 Å². The van der Waals surface area contributed by atoms with Crippen molar-refractivity contribution < 1.29 is 19.0 Å². The van der Waals surface area contributed by atoms with Gasteiger partial charge in [0.15, 0.2) is 11.5 Å². The Bertz CT molecular complexity index is 404. The number of hydrogen-bond donors (Lipinski definition) is 0. The first-order chi connectivity index (χ1) is 8.54. The molecule has 0 atom stereocenters. The first-order valence-corrected chi connectivity index (χ1v) is 6.04. The van der Waals surface area contributed by atoms with E-state index in [1.54, 1.807) is 18.2 Å². The Hall–Kier alpha value is -1.26. The van der Waals surface area contributed by atoms with Crippen LogP contribution in [0, 0.1) is 0 Å². The molecule has 0 bridgehead atoms. The smallest absolute Gasteiger partial charge is 0.252 e. The predicted octanol–water partition coefficient (Wildman–Crippen LogP) is 2.88. The van der Waals surface area contributed by atoms with Gasteiger partial charge in [0.05, 0.1) is 19.8 Å². The summed E-state index contributed by atoms with van der Waals surface area (Å²) < 4.78 is 16.0. The molecule has 1 aromatic carbocycles. The van der Waals surface area contributed by atoms with Crippen molar-refractivity contribution in [2.24, 2.45) is 0 Å². The number of benzene rings is 1. The third-order valence-electron chi connectivity index (χ3n) is 2.18. The van der Waals surface area contributed by atoms with Gasteiger partial charge in [0.1, 0.15) is 6.61 Å². The lowest BCUT2D eigenvalue weighted by molar-refractivity contribution is 0.0547. The van der Waals surface area contributed by atoms with Gasteiger partial charge in [-0.3, -0.25) is 4.79 Å². The van der Waals surface area contributed by atoms with Crippen LogP contribution in [0.4, 0.5) is 0 Å². The van der Waals surface area contributed by atoms with E-state index in [0.717, 1.165) is 0 Å². The van der Waals surface area contributed by atoms with Crippen LogP contribution in [0.5, 0.6) is 11.5 Å². The molecule has 18 heavy (non-hydrogen) atoms. The molecular weight excluding hydrogens is 256 g/mol. The third kappa shape index (κ3) is 4.55.